The summed E-state index contributed by atoms with van der Waals surface area (Å²) in [5.74, 6) is 1.08. The van der Waals surface area contributed by atoms with Gasteiger partial charge in [0.15, 0.2) is 0 Å². The van der Waals surface area contributed by atoms with Crippen LogP contribution < -0.4 is 0 Å². The molecule has 1 aromatic carbocycles. The number of carbonyl (C=O) groups is 1. The van der Waals surface area contributed by atoms with Crippen LogP contribution in [0.5, 0.6) is 0 Å². The molecule has 0 N–H and O–H groups in total. The zero-order chi connectivity index (χ0) is 24.4. The lowest BCUT2D eigenvalue weighted by Crippen LogP contribution is -2.43. The lowest BCUT2D eigenvalue weighted by Gasteiger charge is -2.34. The number of aromatic nitrogens is 4. The number of pyridine rings is 1. The standard InChI is InChI=1S/C28H31N5O2/c1-28(2,3)35-27(34)32-16-9-10-20(19-32)18-24-29-15-14-22(30-24)25-23-13-7-8-17-33(23)31-26(25)21-11-5-4-6-12-21/h4-8,11-15,17,20H,9-10,16,18-19H2,1-3H3/t20-/m1/s1. The van der Waals surface area contributed by atoms with Crippen LogP contribution >= 0.6 is 0 Å². The fourth-order valence-electron chi connectivity index (χ4n) is 4.67. The Labute approximate surface area is 205 Å². The number of fused-ring (bicyclic) bond motifs is 1. The molecule has 0 radical (unpaired) electrons. The maximum atomic E-state index is 12.6. The second-order valence-electron chi connectivity index (χ2n) is 10.1. The van der Waals surface area contributed by atoms with Crippen molar-refractivity contribution < 1.29 is 9.53 Å². The fraction of sp³-hybridized carbons (Fsp3) is 0.357. The number of piperidine rings is 1. The highest BCUT2D eigenvalue weighted by Gasteiger charge is 2.28. The van der Waals surface area contributed by atoms with E-state index in [1.54, 1.807) is 0 Å². The van der Waals surface area contributed by atoms with Crippen LogP contribution in [0.25, 0.3) is 28.0 Å². The van der Waals surface area contributed by atoms with Gasteiger partial charge in [0.25, 0.3) is 0 Å². The van der Waals surface area contributed by atoms with Crippen molar-refractivity contribution in [3.8, 4) is 22.5 Å². The Kier molecular flexibility index (Phi) is 6.24. The number of hydrogen-bond acceptors (Lipinski definition) is 5. The number of nitrogens with zero attached hydrogens (tertiary/aromatic N) is 5. The Balaban J connectivity index is 1.42. The molecular formula is C28H31N5O2. The third kappa shape index (κ3) is 5.19. The summed E-state index contributed by atoms with van der Waals surface area (Å²) in [7, 11) is 0. The van der Waals surface area contributed by atoms with Crippen LogP contribution in [0.15, 0.2) is 67.0 Å². The van der Waals surface area contributed by atoms with Crippen molar-refractivity contribution in [2.45, 2.75) is 45.6 Å². The van der Waals surface area contributed by atoms with E-state index >= 15 is 0 Å². The predicted molar refractivity (Wildman–Crippen MR) is 136 cm³/mol. The minimum absolute atomic E-state index is 0.240. The van der Waals surface area contributed by atoms with Gasteiger partial charge in [-0.05, 0) is 57.7 Å². The van der Waals surface area contributed by atoms with Gasteiger partial charge < -0.3 is 9.64 Å². The molecule has 7 nitrogen and oxygen atoms in total. The summed E-state index contributed by atoms with van der Waals surface area (Å²) in [4.78, 5) is 24.0. The maximum Gasteiger partial charge on any atom is 0.410 e. The molecule has 35 heavy (non-hydrogen) atoms. The van der Waals surface area contributed by atoms with Crippen LogP contribution in [0.4, 0.5) is 4.79 Å². The van der Waals surface area contributed by atoms with Gasteiger partial charge in [-0.1, -0.05) is 36.4 Å². The molecule has 180 valence electrons. The van der Waals surface area contributed by atoms with E-state index in [2.05, 4.69) is 23.2 Å². The third-order valence-corrected chi connectivity index (χ3v) is 6.19. The van der Waals surface area contributed by atoms with Crippen LogP contribution in [-0.4, -0.2) is 49.3 Å². The summed E-state index contributed by atoms with van der Waals surface area (Å²) < 4.78 is 7.49. The summed E-state index contributed by atoms with van der Waals surface area (Å²) in [6, 6.07) is 18.2. The normalized spacial score (nSPS) is 16.4. The van der Waals surface area contributed by atoms with Crippen molar-refractivity contribution in [1.82, 2.24) is 24.5 Å². The van der Waals surface area contributed by atoms with Gasteiger partial charge in [-0.2, -0.15) is 5.10 Å². The van der Waals surface area contributed by atoms with Crippen molar-refractivity contribution in [3.63, 3.8) is 0 Å². The molecule has 1 fully saturated rings. The van der Waals surface area contributed by atoms with E-state index in [1.807, 2.05) is 79.0 Å². The smallest absolute Gasteiger partial charge is 0.410 e. The molecule has 1 aliphatic heterocycles. The van der Waals surface area contributed by atoms with Gasteiger partial charge in [0.05, 0.1) is 16.8 Å². The van der Waals surface area contributed by atoms with Gasteiger partial charge in [-0.3, -0.25) is 0 Å². The zero-order valence-electron chi connectivity index (χ0n) is 20.5. The number of benzene rings is 1. The molecule has 0 saturated carbocycles. The SMILES string of the molecule is CC(C)(C)OC(=O)N1CCC[C@H](Cc2nccc(-c3c(-c4ccccc4)nn4ccccc34)n2)C1. The van der Waals surface area contributed by atoms with E-state index in [-0.39, 0.29) is 6.09 Å². The van der Waals surface area contributed by atoms with Crippen LogP contribution in [0.1, 0.15) is 39.4 Å². The highest BCUT2D eigenvalue weighted by molar-refractivity contribution is 5.90. The molecule has 0 bridgehead atoms. The second-order valence-corrected chi connectivity index (χ2v) is 10.1. The van der Waals surface area contributed by atoms with Gasteiger partial charge in [0, 0.05) is 37.5 Å². The minimum Gasteiger partial charge on any atom is -0.444 e. The summed E-state index contributed by atoms with van der Waals surface area (Å²) in [5, 5.41) is 4.86. The Morgan fingerprint density at radius 1 is 1.09 bits per heavy atom. The van der Waals surface area contributed by atoms with E-state index in [0.29, 0.717) is 18.9 Å². The molecule has 1 amide bonds. The van der Waals surface area contributed by atoms with E-state index in [9.17, 15) is 4.79 Å². The molecule has 0 aliphatic carbocycles. The predicted octanol–water partition coefficient (Wildman–Crippen LogP) is 5.65. The Morgan fingerprint density at radius 3 is 2.69 bits per heavy atom. The zero-order valence-corrected chi connectivity index (χ0v) is 20.5. The Bertz CT molecular complexity index is 1330. The lowest BCUT2D eigenvalue weighted by atomic mass is 9.94. The minimum atomic E-state index is -0.494. The number of hydrogen-bond donors (Lipinski definition) is 0. The van der Waals surface area contributed by atoms with E-state index < -0.39 is 5.60 Å². The second kappa shape index (κ2) is 9.49. The Morgan fingerprint density at radius 2 is 1.89 bits per heavy atom. The topological polar surface area (TPSA) is 72.6 Å². The molecule has 0 unspecified atom stereocenters. The quantitative estimate of drug-likeness (QED) is 0.386. The molecular weight excluding hydrogens is 438 g/mol. The molecule has 1 saturated heterocycles. The first-order chi connectivity index (χ1) is 16.9. The van der Waals surface area contributed by atoms with Crippen LogP contribution in [0.3, 0.4) is 0 Å². The molecule has 5 rings (SSSR count). The van der Waals surface area contributed by atoms with Crippen molar-refractivity contribution in [2.75, 3.05) is 13.1 Å². The monoisotopic (exact) mass is 469 g/mol. The first-order valence-corrected chi connectivity index (χ1v) is 12.2. The van der Waals surface area contributed by atoms with Gasteiger partial charge in [0.2, 0.25) is 0 Å². The van der Waals surface area contributed by atoms with E-state index in [4.69, 9.17) is 14.8 Å². The first kappa shape index (κ1) is 23.0. The summed E-state index contributed by atoms with van der Waals surface area (Å²) in [6.45, 7) is 7.09. The number of rotatable bonds is 4. The van der Waals surface area contributed by atoms with Crippen molar-refractivity contribution in [1.29, 1.82) is 0 Å². The highest BCUT2D eigenvalue weighted by Crippen LogP contribution is 2.34. The molecule has 0 spiro atoms. The lowest BCUT2D eigenvalue weighted by molar-refractivity contribution is 0.0165. The van der Waals surface area contributed by atoms with Gasteiger partial charge in [-0.15, -0.1) is 0 Å². The largest absolute Gasteiger partial charge is 0.444 e. The average Bonchev–Trinajstić information content (AvgIpc) is 3.24. The maximum absolute atomic E-state index is 12.6. The number of amides is 1. The summed E-state index contributed by atoms with van der Waals surface area (Å²) in [6.07, 6.45) is 6.26. The number of likely N-dealkylation sites (tertiary alicyclic amines) is 1. The van der Waals surface area contributed by atoms with Gasteiger partial charge in [0.1, 0.15) is 17.1 Å². The van der Waals surface area contributed by atoms with Gasteiger partial charge in [-0.25, -0.2) is 19.3 Å². The van der Waals surface area contributed by atoms with Crippen LogP contribution in [0.2, 0.25) is 0 Å². The fourth-order valence-corrected chi connectivity index (χ4v) is 4.67. The third-order valence-electron chi connectivity index (χ3n) is 6.19. The van der Waals surface area contributed by atoms with Crippen LogP contribution in [0, 0.1) is 5.92 Å². The van der Waals surface area contributed by atoms with E-state index in [1.165, 1.54) is 0 Å². The molecule has 4 aromatic rings. The molecule has 4 heterocycles. The van der Waals surface area contributed by atoms with Crippen molar-refractivity contribution >= 4 is 11.6 Å². The first-order valence-electron chi connectivity index (χ1n) is 12.2. The van der Waals surface area contributed by atoms with Gasteiger partial charge >= 0.3 is 6.09 Å². The molecule has 7 heteroatoms. The average molecular weight is 470 g/mol. The van der Waals surface area contributed by atoms with E-state index in [0.717, 1.165) is 53.2 Å². The summed E-state index contributed by atoms with van der Waals surface area (Å²) in [5.41, 5.74) is 4.31. The summed E-state index contributed by atoms with van der Waals surface area (Å²) >= 11 is 0. The highest BCUT2D eigenvalue weighted by atomic mass is 16.6. The molecule has 1 aliphatic rings. The number of ether oxygens (including phenoxy) is 1. The molecule has 1 atom stereocenters. The number of carbonyl (C=O) groups excluding carboxylic acids is 1. The van der Waals surface area contributed by atoms with Crippen molar-refractivity contribution in [3.05, 3.63) is 72.8 Å². The molecule has 3 aromatic heterocycles. The Hall–Kier alpha value is -3.74. The van der Waals surface area contributed by atoms with Crippen molar-refractivity contribution in [2.24, 2.45) is 5.92 Å². The van der Waals surface area contributed by atoms with Crippen LogP contribution in [-0.2, 0) is 11.2 Å².